The van der Waals surface area contributed by atoms with Crippen molar-refractivity contribution in [2.75, 3.05) is 0 Å². The Hall–Kier alpha value is -1.13. The van der Waals surface area contributed by atoms with Crippen molar-refractivity contribution in [1.29, 1.82) is 0 Å². The standard InChI is InChI=1S/C8H11N.C2H2ClFO2/c1-7(9)8-5-3-2-4-6-8;3-1(4)2(5)6/h2-7H,9H2,1H3;1H,(H,5,6)/t7-;1-/m01/s1. The third-order valence-electron chi connectivity index (χ3n) is 1.55. The van der Waals surface area contributed by atoms with Crippen LogP contribution in [0.5, 0.6) is 0 Å². The van der Waals surface area contributed by atoms with Gasteiger partial charge in [0.05, 0.1) is 5.97 Å². The van der Waals surface area contributed by atoms with E-state index in [9.17, 15) is 4.39 Å². The van der Waals surface area contributed by atoms with Gasteiger partial charge in [-0.05, 0) is 6.92 Å². The molecule has 0 heterocycles. The molecule has 0 aliphatic carbocycles. The maximum absolute atomic E-state index is 10.9. The Labute approximate surface area is 92.7 Å². The molecule has 0 saturated heterocycles. The van der Waals surface area contributed by atoms with Gasteiger partial charge in [0.1, 0.15) is 6.04 Å². The number of carboxylic acid groups (broad SMARTS) is 1. The SMILES string of the molecule is C[C@H]([NH3+])c1ccccc1.O=C([O-])[C@@H](F)Cl. The van der Waals surface area contributed by atoms with E-state index in [-0.39, 0.29) is 0 Å². The van der Waals surface area contributed by atoms with Crippen LogP contribution in [0.15, 0.2) is 30.3 Å². The summed E-state index contributed by atoms with van der Waals surface area (Å²) in [5.41, 5.74) is 2.84. The number of aliphatic carboxylic acids is 1. The molecule has 0 saturated carbocycles. The van der Waals surface area contributed by atoms with Crippen molar-refractivity contribution in [1.82, 2.24) is 0 Å². The predicted molar refractivity (Wildman–Crippen MR) is 53.5 cm³/mol. The number of hydrogen-bond acceptors (Lipinski definition) is 2. The van der Waals surface area contributed by atoms with Gasteiger partial charge in [-0.3, -0.25) is 0 Å². The maximum Gasteiger partial charge on any atom is 0.212 e. The smallest absolute Gasteiger partial charge is 0.212 e. The van der Waals surface area contributed by atoms with Crippen molar-refractivity contribution in [3.8, 4) is 0 Å². The van der Waals surface area contributed by atoms with Crippen LogP contribution < -0.4 is 10.8 Å². The van der Waals surface area contributed by atoms with Gasteiger partial charge < -0.3 is 15.6 Å². The first-order valence-electron chi connectivity index (χ1n) is 4.32. The molecule has 5 heteroatoms. The lowest BCUT2D eigenvalue weighted by Crippen LogP contribution is -2.51. The van der Waals surface area contributed by atoms with Crippen molar-refractivity contribution >= 4 is 17.6 Å². The van der Waals surface area contributed by atoms with Crippen LogP contribution in [-0.4, -0.2) is 11.6 Å². The van der Waals surface area contributed by atoms with Gasteiger partial charge in [-0.1, -0.05) is 41.9 Å². The Morgan fingerprint density at radius 2 is 1.87 bits per heavy atom. The number of hydrogen-bond donors (Lipinski definition) is 1. The molecule has 0 radical (unpaired) electrons. The number of rotatable bonds is 2. The number of alkyl halides is 2. The summed E-state index contributed by atoms with van der Waals surface area (Å²) in [5.74, 6) is -1.89. The van der Waals surface area contributed by atoms with Gasteiger partial charge in [0.2, 0.25) is 5.63 Å². The molecule has 2 atom stereocenters. The average molecular weight is 234 g/mol. The van der Waals surface area contributed by atoms with Crippen molar-refractivity contribution in [3.05, 3.63) is 35.9 Å². The lowest BCUT2D eigenvalue weighted by atomic mass is 10.1. The molecular formula is C10H13ClFNO2. The first kappa shape index (κ1) is 13.9. The van der Waals surface area contributed by atoms with E-state index < -0.39 is 11.6 Å². The molecule has 0 amide bonds. The summed E-state index contributed by atoms with van der Waals surface area (Å²) >= 11 is 4.28. The molecule has 0 aliphatic rings. The average Bonchev–Trinajstić information content (AvgIpc) is 2.20. The summed E-state index contributed by atoms with van der Waals surface area (Å²) < 4.78 is 10.9. The van der Waals surface area contributed by atoms with Crippen molar-refractivity contribution in [2.45, 2.75) is 18.6 Å². The van der Waals surface area contributed by atoms with Gasteiger partial charge in [0.25, 0.3) is 0 Å². The van der Waals surface area contributed by atoms with Crippen LogP contribution in [0.25, 0.3) is 0 Å². The second-order valence-corrected chi connectivity index (χ2v) is 3.31. The Morgan fingerprint density at radius 1 is 1.47 bits per heavy atom. The summed E-state index contributed by atoms with van der Waals surface area (Å²) in [6.45, 7) is 2.09. The molecular weight excluding hydrogens is 221 g/mol. The molecule has 3 nitrogen and oxygen atoms in total. The molecule has 0 aliphatic heterocycles. The van der Waals surface area contributed by atoms with E-state index in [1.807, 2.05) is 18.2 Å². The summed E-state index contributed by atoms with van der Waals surface area (Å²) in [5, 5.41) is 9.08. The number of quaternary nitrogens is 1. The summed E-state index contributed by atoms with van der Waals surface area (Å²) in [6, 6.07) is 10.7. The number of carboxylic acids is 1. The van der Waals surface area contributed by atoms with E-state index in [2.05, 4.69) is 36.4 Å². The van der Waals surface area contributed by atoms with Gasteiger partial charge >= 0.3 is 0 Å². The van der Waals surface area contributed by atoms with E-state index in [0.29, 0.717) is 6.04 Å². The fourth-order valence-electron chi connectivity index (χ4n) is 0.782. The quantitative estimate of drug-likeness (QED) is 0.745. The number of carbonyl (C=O) groups excluding carboxylic acids is 1. The van der Waals surface area contributed by atoms with E-state index in [4.69, 9.17) is 9.90 Å². The van der Waals surface area contributed by atoms with Crippen LogP contribution in [0.1, 0.15) is 18.5 Å². The molecule has 0 aromatic heterocycles. The molecule has 0 spiro atoms. The molecule has 1 aromatic rings. The van der Waals surface area contributed by atoms with Gasteiger partial charge in [0, 0.05) is 5.56 Å². The summed E-state index contributed by atoms with van der Waals surface area (Å²) in [6.07, 6.45) is 0. The van der Waals surface area contributed by atoms with Crippen LogP contribution in [0.3, 0.4) is 0 Å². The largest absolute Gasteiger partial charge is 0.546 e. The van der Waals surface area contributed by atoms with E-state index in [0.717, 1.165) is 0 Å². The van der Waals surface area contributed by atoms with Gasteiger partial charge in [0.15, 0.2) is 0 Å². The molecule has 0 bridgehead atoms. The molecule has 84 valence electrons. The lowest BCUT2D eigenvalue weighted by Gasteiger charge is -1.98. The normalized spacial score (nSPS) is 13.3. The highest BCUT2D eigenvalue weighted by atomic mass is 35.5. The monoisotopic (exact) mass is 233 g/mol. The highest BCUT2D eigenvalue weighted by molar-refractivity contribution is 6.27. The first-order chi connectivity index (χ1) is 6.95. The van der Waals surface area contributed by atoms with Gasteiger partial charge in [-0.25, -0.2) is 4.39 Å². The van der Waals surface area contributed by atoms with E-state index >= 15 is 0 Å². The van der Waals surface area contributed by atoms with E-state index in [1.54, 1.807) is 0 Å². The lowest BCUT2D eigenvalue weighted by molar-refractivity contribution is -0.420. The Balaban J connectivity index is 0.000000288. The molecule has 15 heavy (non-hydrogen) atoms. The van der Waals surface area contributed by atoms with Crippen molar-refractivity contribution in [2.24, 2.45) is 0 Å². The van der Waals surface area contributed by atoms with Gasteiger partial charge in [-0.15, -0.1) is 0 Å². The zero-order valence-corrected chi connectivity index (χ0v) is 9.08. The molecule has 0 unspecified atom stereocenters. The molecule has 0 fully saturated rings. The van der Waals surface area contributed by atoms with Crippen molar-refractivity contribution < 1.29 is 20.0 Å². The predicted octanol–water partition coefficient (Wildman–Crippen LogP) is 0.260. The summed E-state index contributed by atoms with van der Waals surface area (Å²) in [4.78, 5) is 9.08. The Bertz CT molecular complexity index is 291. The third kappa shape index (κ3) is 6.88. The van der Waals surface area contributed by atoms with E-state index in [1.165, 1.54) is 5.56 Å². The molecule has 3 N–H and O–H groups in total. The second kappa shape index (κ2) is 7.20. The Morgan fingerprint density at radius 3 is 2.07 bits per heavy atom. The van der Waals surface area contributed by atoms with Crippen LogP contribution >= 0.6 is 11.6 Å². The highest BCUT2D eigenvalue weighted by Gasteiger charge is 1.97. The minimum Gasteiger partial charge on any atom is -0.546 e. The maximum atomic E-state index is 10.9. The minimum absolute atomic E-state index is 0.409. The number of halogens is 2. The zero-order valence-electron chi connectivity index (χ0n) is 8.32. The Kier molecular flexibility index (Phi) is 6.66. The third-order valence-corrected chi connectivity index (χ3v) is 1.72. The van der Waals surface area contributed by atoms with Crippen LogP contribution in [-0.2, 0) is 4.79 Å². The highest BCUT2D eigenvalue weighted by Crippen LogP contribution is 2.04. The summed E-state index contributed by atoms with van der Waals surface area (Å²) in [7, 11) is 0. The van der Waals surface area contributed by atoms with Crippen molar-refractivity contribution in [3.63, 3.8) is 0 Å². The number of benzene rings is 1. The van der Waals surface area contributed by atoms with Gasteiger partial charge in [-0.2, -0.15) is 0 Å². The van der Waals surface area contributed by atoms with Crippen LogP contribution in [0.4, 0.5) is 4.39 Å². The fraction of sp³-hybridized carbons (Fsp3) is 0.300. The number of carbonyl (C=O) groups is 1. The molecule has 1 rings (SSSR count). The first-order valence-corrected chi connectivity index (χ1v) is 4.75. The molecule has 1 aromatic carbocycles. The van der Waals surface area contributed by atoms with Crippen LogP contribution in [0, 0.1) is 0 Å². The second-order valence-electron chi connectivity index (χ2n) is 2.93. The van der Waals surface area contributed by atoms with Crippen LogP contribution in [0.2, 0.25) is 0 Å². The minimum atomic E-state index is -2.37. The fourth-order valence-corrected chi connectivity index (χ4v) is 0.782. The topological polar surface area (TPSA) is 67.8 Å². The zero-order chi connectivity index (χ0) is 11.8.